The van der Waals surface area contributed by atoms with E-state index in [1.807, 2.05) is 0 Å². The third kappa shape index (κ3) is 2.52. The van der Waals surface area contributed by atoms with Crippen molar-refractivity contribution in [2.24, 2.45) is 0 Å². The topological polar surface area (TPSA) is 78.4 Å². The number of carbonyl (C=O) groups is 2. The quantitative estimate of drug-likeness (QED) is 0.744. The van der Waals surface area contributed by atoms with Gasteiger partial charge in [-0.25, -0.2) is 4.39 Å². The van der Waals surface area contributed by atoms with Gasteiger partial charge in [0.05, 0.1) is 11.4 Å². The van der Waals surface area contributed by atoms with Crippen molar-refractivity contribution in [2.75, 3.05) is 10.6 Å². The third-order valence-electron chi connectivity index (χ3n) is 2.53. The summed E-state index contributed by atoms with van der Waals surface area (Å²) < 4.78 is 13.0. The summed E-state index contributed by atoms with van der Waals surface area (Å²) in [6.07, 6.45) is 0.0485. The van der Waals surface area contributed by atoms with Crippen molar-refractivity contribution in [1.82, 2.24) is 0 Å². The number of aliphatic carboxylic acids is 1. The van der Waals surface area contributed by atoms with Gasteiger partial charge in [0, 0.05) is 6.42 Å². The normalized spacial score (nSPS) is 17.9. The Balaban J connectivity index is 2.14. The van der Waals surface area contributed by atoms with Gasteiger partial charge in [-0.05, 0) is 24.6 Å². The van der Waals surface area contributed by atoms with E-state index >= 15 is 0 Å². The second-order valence-electron chi connectivity index (χ2n) is 3.81. The van der Waals surface area contributed by atoms with Crippen LogP contribution in [0, 0.1) is 5.82 Å². The average Bonchev–Trinajstić information content (AvgIpc) is 2.26. The number of nitrogens with one attached hydrogen (secondary N) is 2. The number of amides is 1. The van der Waals surface area contributed by atoms with E-state index in [9.17, 15) is 14.0 Å². The molecule has 90 valence electrons. The monoisotopic (exact) mass is 238 g/mol. The highest BCUT2D eigenvalue weighted by Gasteiger charge is 2.25. The van der Waals surface area contributed by atoms with Crippen LogP contribution in [0.2, 0.25) is 0 Å². The van der Waals surface area contributed by atoms with Crippen LogP contribution in [-0.4, -0.2) is 23.0 Å². The fraction of sp³-hybridized carbons (Fsp3) is 0.273. The van der Waals surface area contributed by atoms with Crippen LogP contribution in [0.25, 0.3) is 0 Å². The molecule has 0 saturated carbocycles. The lowest BCUT2D eigenvalue weighted by Crippen LogP contribution is -2.39. The molecule has 1 heterocycles. The summed E-state index contributed by atoms with van der Waals surface area (Å²) in [6.45, 7) is 0. The number of carboxylic acid groups (broad SMARTS) is 1. The lowest BCUT2D eigenvalue weighted by Gasteiger charge is -2.26. The number of hydrogen-bond donors (Lipinski definition) is 3. The first-order valence-corrected chi connectivity index (χ1v) is 5.15. The Bertz CT molecular complexity index is 476. The second kappa shape index (κ2) is 4.40. The van der Waals surface area contributed by atoms with E-state index in [-0.39, 0.29) is 18.7 Å². The highest BCUT2D eigenvalue weighted by molar-refractivity contribution is 6.03. The van der Waals surface area contributed by atoms with Gasteiger partial charge >= 0.3 is 5.97 Å². The first-order chi connectivity index (χ1) is 8.06. The zero-order chi connectivity index (χ0) is 12.4. The minimum absolute atomic E-state index is 0.115. The molecule has 0 radical (unpaired) electrons. The van der Waals surface area contributed by atoms with Gasteiger partial charge in [0.2, 0.25) is 5.91 Å². The number of benzene rings is 1. The van der Waals surface area contributed by atoms with E-state index in [0.29, 0.717) is 11.4 Å². The Kier molecular flexibility index (Phi) is 2.95. The molecule has 1 aromatic carbocycles. The molecule has 0 aliphatic carbocycles. The van der Waals surface area contributed by atoms with Gasteiger partial charge in [-0.3, -0.25) is 9.59 Å². The zero-order valence-electron chi connectivity index (χ0n) is 8.87. The number of hydrogen-bond acceptors (Lipinski definition) is 3. The van der Waals surface area contributed by atoms with E-state index in [0.717, 1.165) is 0 Å². The van der Waals surface area contributed by atoms with Gasteiger partial charge in [-0.1, -0.05) is 0 Å². The molecular weight excluding hydrogens is 227 g/mol. The summed E-state index contributed by atoms with van der Waals surface area (Å²) >= 11 is 0. The predicted molar refractivity (Wildman–Crippen MR) is 59.3 cm³/mol. The van der Waals surface area contributed by atoms with Crippen molar-refractivity contribution in [2.45, 2.75) is 18.9 Å². The molecule has 0 aromatic heterocycles. The van der Waals surface area contributed by atoms with Crippen LogP contribution in [0.4, 0.5) is 15.8 Å². The summed E-state index contributed by atoms with van der Waals surface area (Å²) in [5.41, 5.74) is 0.975. The molecule has 1 unspecified atom stereocenters. The number of carboxylic acids is 1. The molecule has 6 heteroatoms. The summed E-state index contributed by atoms with van der Waals surface area (Å²) in [7, 11) is 0. The smallest absolute Gasteiger partial charge is 0.303 e. The zero-order valence-corrected chi connectivity index (χ0v) is 8.87. The van der Waals surface area contributed by atoms with Gasteiger partial charge in [-0.15, -0.1) is 0 Å². The molecule has 3 N–H and O–H groups in total. The van der Waals surface area contributed by atoms with Gasteiger partial charge in [0.15, 0.2) is 0 Å². The van der Waals surface area contributed by atoms with Gasteiger partial charge in [0.25, 0.3) is 0 Å². The highest BCUT2D eigenvalue weighted by atomic mass is 19.1. The molecule has 5 nitrogen and oxygen atoms in total. The summed E-state index contributed by atoms with van der Waals surface area (Å²) in [6, 6.07) is 3.34. The molecule has 1 aliphatic heterocycles. The van der Waals surface area contributed by atoms with Gasteiger partial charge in [-0.2, -0.15) is 0 Å². The molecule has 2 rings (SSSR count). The highest BCUT2D eigenvalue weighted by Crippen LogP contribution is 2.28. The maximum Gasteiger partial charge on any atom is 0.303 e. The first kappa shape index (κ1) is 11.4. The Morgan fingerprint density at radius 1 is 1.41 bits per heavy atom. The van der Waals surface area contributed by atoms with Crippen molar-refractivity contribution < 1.29 is 19.1 Å². The maximum atomic E-state index is 13.0. The number of anilines is 2. The summed E-state index contributed by atoms with van der Waals surface area (Å²) in [5.74, 6) is -1.68. The van der Waals surface area contributed by atoms with Gasteiger partial charge in [0.1, 0.15) is 11.9 Å². The van der Waals surface area contributed by atoms with Crippen LogP contribution < -0.4 is 10.6 Å². The van der Waals surface area contributed by atoms with Crippen LogP contribution in [0.3, 0.4) is 0 Å². The van der Waals surface area contributed by atoms with E-state index < -0.39 is 17.8 Å². The maximum absolute atomic E-state index is 13.0. The van der Waals surface area contributed by atoms with E-state index in [1.54, 1.807) is 0 Å². The number of halogens is 1. The van der Waals surface area contributed by atoms with Gasteiger partial charge < -0.3 is 15.7 Å². The van der Waals surface area contributed by atoms with Crippen LogP contribution in [-0.2, 0) is 9.59 Å². The summed E-state index contributed by atoms with van der Waals surface area (Å²) in [5, 5.41) is 14.0. The Hall–Kier alpha value is -2.11. The van der Waals surface area contributed by atoms with E-state index in [2.05, 4.69) is 10.6 Å². The molecule has 1 aromatic rings. The van der Waals surface area contributed by atoms with Crippen molar-refractivity contribution in [3.8, 4) is 0 Å². The Labute approximate surface area is 96.6 Å². The van der Waals surface area contributed by atoms with Crippen molar-refractivity contribution in [3.63, 3.8) is 0 Å². The molecule has 0 spiro atoms. The number of carbonyl (C=O) groups excluding carboxylic acids is 1. The fourth-order valence-electron chi connectivity index (χ4n) is 1.69. The van der Waals surface area contributed by atoms with Crippen molar-refractivity contribution in [3.05, 3.63) is 24.0 Å². The number of rotatable bonds is 3. The number of fused-ring (bicyclic) bond motifs is 1. The molecule has 1 aliphatic rings. The minimum Gasteiger partial charge on any atom is -0.481 e. The first-order valence-electron chi connectivity index (χ1n) is 5.15. The second-order valence-corrected chi connectivity index (χ2v) is 3.81. The van der Waals surface area contributed by atoms with Crippen LogP contribution in [0.5, 0.6) is 0 Å². The van der Waals surface area contributed by atoms with Crippen molar-refractivity contribution >= 4 is 23.3 Å². The average molecular weight is 238 g/mol. The molecule has 0 bridgehead atoms. The molecule has 1 atom stereocenters. The molecule has 17 heavy (non-hydrogen) atoms. The third-order valence-corrected chi connectivity index (χ3v) is 2.53. The molecule has 0 saturated heterocycles. The summed E-state index contributed by atoms with van der Waals surface area (Å²) in [4.78, 5) is 22.0. The largest absolute Gasteiger partial charge is 0.481 e. The van der Waals surface area contributed by atoms with Crippen molar-refractivity contribution in [1.29, 1.82) is 0 Å². The minimum atomic E-state index is -0.968. The van der Waals surface area contributed by atoms with E-state index in [1.165, 1.54) is 18.2 Å². The molecular formula is C11H11FN2O3. The lowest BCUT2D eigenvalue weighted by atomic mass is 10.1. The Morgan fingerprint density at radius 2 is 2.18 bits per heavy atom. The standard InChI is InChI=1S/C11H11FN2O3/c12-6-1-2-7-9(5-6)13-8(11(17)14-7)3-4-10(15)16/h1-2,5,8,13H,3-4H2,(H,14,17)(H,15,16). The Morgan fingerprint density at radius 3 is 2.88 bits per heavy atom. The van der Waals surface area contributed by atoms with Crippen LogP contribution >= 0.6 is 0 Å². The van der Waals surface area contributed by atoms with Crippen LogP contribution in [0.15, 0.2) is 18.2 Å². The molecule has 0 fully saturated rings. The van der Waals surface area contributed by atoms with Crippen LogP contribution in [0.1, 0.15) is 12.8 Å². The fourth-order valence-corrected chi connectivity index (χ4v) is 1.69. The SMILES string of the molecule is O=C(O)CCC1Nc2cc(F)ccc2NC1=O. The predicted octanol–water partition coefficient (Wildman–Crippen LogP) is 1.42. The lowest BCUT2D eigenvalue weighted by molar-refractivity contribution is -0.137. The van der Waals surface area contributed by atoms with E-state index in [4.69, 9.17) is 5.11 Å². The molecule has 1 amide bonds.